The molecular formula is C26H28N6O3S. The summed E-state index contributed by atoms with van der Waals surface area (Å²) in [6.45, 7) is 3.08. The molecule has 0 aliphatic rings. The number of carbonyl (C=O) groups excluding carboxylic acids is 1. The number of carbonyl (C=O) groups is 1. The van der Waals surface area contributed by atoms with Crippen LogP contribution in [0.25, 0.3) is 5.69 Å². The first kappa shape index (κ1) is 25.2. The minimum absolute atomic E-state index is 0.00378. The Morgan fingerprint density at radius 3 is 2.33 bits per heavy atom. The summed E-state index contributed by atoms with van der Waals surface area (Å²) < 4.78 is 24.9. The second-order valence-corrected chi connectivity index (χ2v) is 9.89. The Morgan fingerprint density at radius 1 is 0.972 bits per heavy atom. The molecule has 0 aliphatic heterocycles. The molecule has 186 valence electrons. The van der Waals surface area contributed by atoms with Crippen LogP contribution in [-0.4, -0.2) is 52.1 Å². The third-order valence-electron chi connectivity index (χ3n) is 5.63. The largest absolute Gasteiger partial charge is 0.335 e. The fraction of sp³-hybridized carbons (Fsp3) is 0.231. The number of sulfonamides is 1. The molecule has 2 N–H and O–H groups in total. The van der Waals surface area contributed by atoms with Gasteiger partial charge in [0.15, 0.2) is 0 Å². The van der Waals surface area contributed by atoms with Crippen molar-refractivity contribution in [2.75, 3.05) is 13.1 Å². The van der Waals surface area contributed by atoms with E-state index in [9.17, 15) is 13.2 Å². The SMILES string of the molecule is CCCN(CCc1ccccn1)C(=O)c1nc(Cc2ccccc2)n(-c2ccc(S(N)(=O)=O)cc2)n1. The molecule has 0 radical (unpaired) electrons. The van der Waals surface area contributed by atoms with Crippen LogP contribution in [0.3, 0.4) is 0 Å². The van der Waals surface area contributed by atoms with Gasteiger partial charge in [-0.05, 0) is 48.4 Å². The minimum Gasteiger partial charge on any atom is -0.335 e. The van der Waals surface area contributed by atoms with Gasteiger partial charge in [-0.2, -0.15) is 0 Å². The van der Waals surface area contributed by atoms with Crippen LogP contribution < -0.4 is 5.14 Å². The third-order valence-corrected chi connectivity index (χ3v) is 6.55. The molecule has 2 heterocycles. The number of benzene rings is 2. The number of rotatable bonds is 10. The molecule has 0 aliphatic carbocycles. The molecule has 2 aromatic heterocycles. The first-order valence-electron chi connectivity index (χ1n) is 11.7. The number of nitrogens with zero attached hydrogens (tertiary/aromatic N) is 5. The number of hydrogen-bond donors (Lipinski definition) is 1. The van der Waals surface area contributed by atoms with Crippen molar-refractivity contribution in [2.45, 2.75) is 31.1 Å². The van der Waals surface area contributed by atoms with Gasteiger partial charge in [-0.15, -0.1) is 5.10 Å². The van der Waals surface area contributed by atoms with Crippen LogP contribution in [0.15, 0.2) is 83.9 Å². The van der Waals surface area contributed by atoms with E-state index in [1.54, 1.807) is 27.9 Å². The lowest BCUT2D eigenvalue weighted by Crippen LogP contribution is -2.34. The number of aromatic nitrogens is 4. The Hall–Kier alpha value is -3.89. The summed E-state index contributed by atoms with van der Waals surface area (Å²) in [4.78, 5) is 24.2. The summed E-state index contributed by atoms with van der Waals surface area (Å²) in [5.41, 5.74) is 2.49. The first-order chi connectivity index (χ1) is 17.3. The summed E-state index contributed by atoms with van der Waals surface area (Å²) in [5.74, 6) is 0.391. The highest BCUT2D eigenvalue weighted by Gasteiger charge is 2.23. The van der Waals surface area contributed by atoms with E-state index < -0.39 is 10.0 Å². The molecule has 2 aromatic carbocycles. The molecule has 0 unspecified atom stereocenters. The van der Waals surface area contributed by atoms with Crippen molar-refractivity contribution >= 4 is 15.9 Å². The number of pyridine rings is 1. The van der Waals surface area contributed by atoms with Gasteiger partial charge in [0.1, 0.15) is 5.82 Å². The summed E-state index contributed by atoms with van der Waals surface area (Å²) in [6.07, 6.45) is 3.60. The Balaban J connectivity index is 1.66. The average Bonchev–Trinajstić information content (AvgIpc) is 3.30. The Morgan fingerprint density at radius 2 is 1.69 bits per heavy atom. The second kappa shape index (κ2) is 11.2. The number of primary sulfonamides is 1. The summed E-state index contributed by atoms with van der Waals surface area (Å²) in [6, 6.07) is 21.5. The smallest absolute Gasteiger partial charge is 0.293 e. The van der Waals surface area contributed by atoms with E-state index >= 15 is 0 Å². The monoisotopic (exact) mass is 504 g/mol. The summed E-state index contributed by atoms with van der Waals surface area (Å²) in [5, 5.41) is 9.78. The standard InChI is InChI=1S/C26H28N6O3S/c1-2-17-31(18-15-21-10-6-7-16-28-21)26(33)25-29-24(19-20-8-4-3-5-9-20)32(30-25)22-11-13-23(14-12-22)36(27,34)35/h3-14,16H,2,15,17-19H2,1H3,(H2,27,34,35). The number of hydrogen-bond acceptors (Lipinski definition) is 6. The fourth-order valence-electron chi connectivity index (χ4n) is 3.83. The average molecular weight is 505 g/mol. The van der Waals surface area contributed by atoms with Crippen molar-refractivity contribution < 1.29 is 13.2 Å². The van der Waals surface area contributed by atoms with Gasteiger partial charge in [0.2, 0.25) is 15.8 Å². The molecule has 1 amide bonds. The molecule has 0 saturated carbocycles. The lowest BCUT2D eigenvalue weighted by Gasteiger charge is -2.20. The first-order valence-corrected chi connectivity index (χ1v) is 13.2. The van der Waals surface area contributed by atoms with Crippen molar-refractivity contribution in [1.82, 2.24) is 24.6 Å². The molecular weight excluding hydrogens is 476 g/mol. The van der Waals surface area contributed by atoms with Gasteiger partial charge in [-0.25, -0.2) is 23.2 Å². The number of nitrogens with two attached hydrogens (primary N) is 1. The third kappa shape index (κ3) is 6.21. The van der Waals surface area contributed by atoms with E-state index in [1.807, 2.05) is 55.5 Å². The second-order valence-electron chi connectivity index (χ2n) is 8.33. The van der Waals surface area contributed by atoms with Gasteiger partial charge in [-0.3, -0.25) is 9.78 Å². The van der Waals surface area contributed by atoms with Gasteiger partial charge >= 0.3 is 0 Å². The van der Waals surface area contributed by atoms with Crippen LogP contribution >= 0.6 is 0 Å². The van der Waals surface area contributed by atoms with Gasteiger partial charge in [0.25, 0.3) is 5.91 Å². The zero-order chi connectivity index (χ0) is 25.5. The lowest BCUT2D eigenvalue weighted by molar-refractivity contribution is 0.0744. The van der Waals surface area contributed by atoms with Crippen LogP contribution in [0.5, 0.6) is 0 Å². The molecule has 4 rings (SSSR count). The van der Waals surface area contributed by atoms with E-state index in [0.717, 1.165) is 17.7 Å². The molecule has 0 saturated heterocycles. The Kier molecular flexibility index (Phi) is 7.87. The maximum atomic E-state index is 13.5. The van der Waals surface area contributed by atoms with Crippen molar-refractivity contribution in [3.63, 3.8) is 0 Å². The van der Waals surface area contributed by atoms with Gasteiger partial charge in [0.05, 0.1) is 10.6 Å². The van der Waals surface area contributed by atoms with Gasteiger partial charge < -0.3 is 4.90 Å². The topological polar surface area (TPSA) is 124 Å². The molecule has 9 nitrogen and oxygen atoms in total. The molecule has 36 heavy (non-hydrogen) atoms. The van der Waals surface area contributed by atoms with E-state index in [2.05, 4.69) is 15.1 Å². The maximum absolute atomic E-state index is 13.5. The zero-order valence-corrected chi connectivity index (χ0v) is 20.8. The van der Waals surface area contributed by atoms with Crippen LogP contribution in [0, 0.1) is 0 Å². The Labute approximate surface area is 210 Å². The molecule has 10 heteroatoms. The van der Waals surface area contributed by atoms with Gasteiger partial charge in [-0.1, -0.05) is 43.3 Å². The van der Waals surface area contributed by atoms with Crippen LogP contribution in [-0.2, 0) is 22.9 Å². The molecule has 0 bridgehead atoms. The van der Waals surface area contributed by atoms with Crippen molar-refractivity contribution in [3.8, 4) is 5.69 Å². The van der Waals surface area contributed by atoms with Crippen molar-refractivity contribution in [1.29, 1.82) is 0 Å². The molecule has 0 atom stereocenters. The Bertz CT molecular complexity index is 1410. The van der Waals surface area contributed by atoms with Crippen LogP contribution in [0.4, 0.5) is 0 Å². The quantitative estimate of drug-likeness (QED) is 0.354. The van der Waals surface area contributed by atoms with Crippen LogP contribution in [0.1, 0.15) is 41.0 Å². The highest BCUT2D eigenvalue weighted by molar-refractivity contribution is 7.89. The minimum atomic E-state index is -3.83. The van der Waals surface area contributed by atoms with E-state index in [1.165, 1.54) is 12.1 Å². The normalized spacial score (nSPS) is 11.4. The molecule has 0 spiro atoms. The van der Waals surface area contributed by atoms with Crippen molar-refractivity contribution in [3.05, 3.63) is 102 Å². The summed E-state index contributed by atoms with van der Waals surface area (Å²) in [7, 11) is -3.83. The predicted molar refractivity (Wildman–Crippen MR) is 136 cm³/mol. The van der Waals surface area contributed by atoms with E-state index in [0.29, 0.717) is 37.4 Å². The van der Waals surface area contributed by atoms with E-state index in [4.69, 9.17) is 5.14 Å². The number of amides is 1. The summed E-state index contributed by atoms with van der Waals surface area (Å²) >= 11 is 0. The molecule has 0 fully saturated rings. The van der Waals surface area contributed by atoms with Gasteiger partial charge in [0, 0.05) is 37.8 Å². The predicted octanol–water partition coefficient (Wildman–Crippen LogP) is 3.00. The fourth-order valence-corrected chi connectivity index (χ4v) is 4.35. The maximum Gasteiger partial charge on any atom is 0.293 e. The lowest BCUT2D eigenvalue weighted by atomic mass is 10.1. The van der Waals surface area contributed by atoms with Crippen molar-refractivity contribution in [2.24, 2.45) is 5.14 Å². The molecule has 4 aromatic rings. The van der Waals surface area contributed by atoms with Crippen LogP contribution in [0.2, 0.25) is 0 Å². The van der Waals surface area contributed by atoms with E-state index in [-0.39, 0.29) is 16.6 Å². The highest BCUT2D eigenvalue weighted by Crippen LogP contribution is 2.17. The zero-order valence-electron chi connectivity index (χ0n) is 20.0. The highest BCUT2D eigenvalue weighted by atomic mass is 32.2.